The summed E-state index contributed by atoms with van der Waals surface area (Å²) < 4.78 is 32.9. The van der Waals surface area contributed by atoms with Crippen LogP contribution in [0.15, 0.2) is 66.9 Å². The van der Waals surface area contributed by atoms with E-state index in [9.17, 15) is 5.11 Å². The monoisotopic (exact) mass is 573 g/mol. The van der Waals surface area contributed by atoms with Gasteiger partial charge >= 0.3 is 0 Å². The Hall–Kier alpha value is -3.88. The largest absolute Gasteiger partial charge is 0.493 e. The molecule has 1 saturated heterocycles. The van der Waals surface area contributed by atoms with Crippen LogP contribution in [-0.2, 0) is 5.41 Å². The highest BCUT2D eigenvalue weighted by atomic mass is 19.1. The van der Waals surface area contributed by atoms with Crippen LogP contribution in [0.1, 0.15) is 45.6 Å². The summed E-state index contributed by atoms with van der Waals surface area (Å²) in [6, 6.07) is 18.2. The van der Waals surface area contributed by atoms with E-state index in [0.29, 0.717) is 40.8 Å². The van der Waals surface area contributed by atoms with Crippen molar-refractivity contribution in [1.82, 2.24) is 9.88 Å². The number of anilines is 2. The van der Waals surface area contributed by atoms with Crippen molar-refractivity contribution < 1.29 is 23.7 Å². The van der Waals surface area contributed by atoms with Crippen molar-refractivity contribution in [3.63, 3.8) is 0 Å². The number of ether oxygens (including phenoxy) is 3. The SMILES string of the molecule is COc1cc2c(Oc3ccc(Nc4ccc(C(C)(C)C)cc4)c(F)c3)ccnc2cc1OCCCN1CCC(O)CC1. The van der Waals surface area contributed by atoms with Gasteiger partial charge in [0.15, 0.2) is 11.5 Å². The van der Waals surface area contributed by atoms with Crippen molar-refractivity contribution in [2.45, 2.75) is 51.6 Å². The summed E-state index contributed by atoms with van der Waals surface area (Å²) in [6.07, 6.45) is 4.02. The van der Waals surface area contributed by atoms with Gasteiger partial charge in [-0.3, -0.25) is 4.98 Å². The molecule has 3 aromatic carbocycles. The fourth-order valence-electron chi connectivity index (χ4n) is 5.10. The minimum Gasteiger partial charge on any atom is -0.493 e. The Morgan fingerprint density at radius 2 is 1.74 bits per heavy atom. The van der Waals surface area contributed by atoms with E-state index < -0.39 is 5.82 Å². The number of methoxy groups -OCH3 is 1. The van der Waals surface area contributed by atoms with Crippen LogP contribution in [0, 0.1) is 5.82 Å². The molecular formula is C34H40FN3O4. The van der Waals surface area contributed by atoms with Crippen molar-refractivity contribution in [3.05, 3.63) is 78.2 Å². The van der Waals surface area contributed by atoms with Gasteiger partial charge in [-0.15, -0.1) is 0 Å². The molecule has 42 heavy (non-hydrogen) atoms. The Morgan fingerprint density at radius 1 is 0.976 bits per heavy atom. The lowest BCUT2D eigenvalue weighted by Crippen LogP contribution is -2.36. The molecule has 7 nitrogen and oxygen atoms in total. The second kappa shape index (κ2) is 13.0. The van der Waals surface area contributed by atoms with Crippen molar-refractivity contribution in [2.24, 2.45) is 0 Å². The normalized spacial score (nSPS) is 14.6. The number of likely N-dealkylation sites (tertiary alicyclic amines) is 1. The molecule has 0 amide bonds. The molecule has 0 bridgehead atoms. The molecule has 1 aromatic heterocycles. The maximum absolute atomic E-state index is 15.1. The van der Waals surface area contributed by atoms with Crippen LogP contribution in [-0.4, -0.2) is 54.4 Å². The van der Waals surface area contributed by atoms with Gasteiger partial charge in [0.1, 0.15) is 17.3 Å². The molecule has 0 spiro atoms. The first-order valence-corrected chi connectivity index (χ1v) is 14.5. The molecule has 0 aliphatic carbocycles. The van der Waals surface area contributed by atoms with Gasteiger partial charge in [0.2, 0.25) is 0 Å². The number of halogens is 1. The number of hydrogen-bond acceptors (Lipinski definition) is 7. The summed E-state index contributed by atoms with van der Waals surface area (Å²) in [4.78, 5) is 6.85. The number of nitrogens with zero attached hydrogens (tertiary/aromatic N) is 2. The molecule has 1 aliphatic heterocycles. The van der Waals surface area contributed by atoms with Gasteiger partial charge in [-0.25, -0.2) is 4.39 Å². The molecule has 1 aliphatic rings. The standard InChI is InChI=1S/C34H40FN3O4/c1-34(2,3)23-6-8-24(9-7-23)37-29-11-10-26(20-28(29)35)42-31-12-15-36-30-22-33(32(40-4)21-27(30)31)41-19-5-16-38-17-13-25(39)14-18-38/h6-12,15,20-22,25,37,39H,5,13-14,16-19H2,1-4H3. The van der Waals surface area contributed by atoms with Gasteiger partial charge < -0.3 is 29.5 Å². The number of fused-ring (bicyclic) bond motifs is 1. The molecule has 0 saturated carbocycles. The smallest absolute Gasteiger partial charge is 0.163 e. The molecule has 222 valence electrons. The zero-order chi connectivity index (χ0) is 29.7. The highest BCUT2D eigenvalue weighted by molar-refractivity contribution is 5.88. The first kappa shape index (κ1) is 29.6. The predicted molar refractivity (Wildman–Crippen MR) is 165 cm³/mol. The summed E-state index contributed by atoms with van der Waals surface area (Å²) in [7, 11) is 1.60. The van der Waals surface area contributed by atoms with Crippen LogP contribution in [0.25, 0.3) is 10.9 Å². The van der Waals surface area contributed by atoms with Crippen LogP contribution in [0.5, 0.6) is 23.0 Å². The Morgan fingerprint density at radius 3 is 2.43 bits per heavy atom. The number of rotatable bonds is 10. The number of piperidine rings is 1. The minimum absolute atomic E-state index is 0.0533. The third kappa shape index (κ3) is 7.30. The molecule has 2 N–H and O–H groups in total. The van der Waals surface area contributed by atoms with E-state index in [1.807, 2.05) is 24.3 Å². The maximum Gasteiger partial charge on any atom is 0.163 e. The predicted octanol–water partition coefficient (Wildman–Crippen LogP) is 7.44. The van der Waals surface area contributed by atoms with Gasteiger partial charge in [0, 0.05) is 49.0 Å². The molecule has 8 heteroatoms. The Bertz CT molecular complexity index is 1500. The zero-order valence-electron chi connectivity index (χ0n) is 24.8. The molecule has 0 radical (unpaired) electrons. The summed E-state index contributed by atoms with van der Waals surface area (Å²) in [5.41, 5.74) is 3.13. The Kier molecular flexibility index (Phi) is 9.14. The van der Waals surface area contributed by atoms with Crippen molar-refractivity contribution in [2.75, 3.05) is 38.7 Å². The number of hydrogen-bond donors (Lipinski definition) is 2. The highest BCUT2D eigenvalue weighted by Gasteiger charge is 2.17. The summed E-state index contributed by atoms with van der Waals surface area (Å²) in [5.74, 6) is 1.68. The molecule has 2 heterocycles. The number of pyridine rings is 1. The quantitative estimate of drug-likeness (QED) is 0.191. The van der Waals surface area contributed by atoms with E-state index in [0.717, 1.165) is 50.0 Å². The van der Waals surface area contributed by atoms with Crippen LogP contribution in [0.2, 0.25) is 0 Å². The number of aromatic nitrogens is 1. The second-order valence-electron chi connectivity index (χ2n) is 11.8. The summed E-state index contributed by atoms with van der Waals surface area (Å²) in [6.45, 7) is 9.78. The number of aliphatic hydroxyl groups is 1. The fraction of sp³-hybridized carbons (Fsp3) is 0.382. The number of benzene rings is 3. The lowest BCUT2D eigenvalue weighted by molar-refractivity contribution is 0.0799. The van der Waals surface area contributed by atoms with Gasteiger partial charge in [-0.2, -0.15) is 0 Å². The van der Waals surface area contributed by atoms with Crippen LogP contribution in [0.3, 0.4) is 0 Å². The van der Waals surface area contributed by atoms with Crippen molar-refractivity contribution in [1.29, 1.82) is 0 Å². The van der Waals surface area contributed by atoms with Gasteiger partial charge in [0.25, 0.3) is 0 Å². The van der Waals surface area contributed by atoms with Gasteiger partial charge in [-0.1, -0.05) is 32.9 Å². The Labute approximate surface area is 247 Å². The van der Waals surface area contributed by atoms with E-state index in [2.05, 4.69) is 48.1 Å². The molecule has 1 fully saturated rings. The number of nitrogens with one attached hydrogen (secondary N) is 1. The fourth-order valence-corrected chi connectivity index (χ4v) is 5.10. The lowest BCUT2D eigenvalue weighted by Gasteiger charge is -2.29. The average molecular weight is 574 g/mol. The second-order valence-corrected chi connectivity index (χ2v) is 11.8. The third-order valence-corrected chi connectivity index (χ3v) is 7.62. The van der Waals surface area contributed by atoms with Gasteiger partial charge in [-0.05, 0) is 66.6 Å². The highest BCUT2D eigenvalue weighted by Crippen LogP contribution is 2.38. The molecule has 4 aromatic rings. The third-order valence-electron chi connectivity index (χ3n) is 7.62. The topological polar surface area (TPSA) is 76.1 Å². The molecule has 0 unspecified atom stereocenters. The summed E-state index contributed by atoms with van der Waals surface area (Å²) >= 11 is 0. The number of aliphatic hydroxyl groups excluding tert-OH is 1. The van der Waals surface area contributed by atoms with Crippen LogP contribution in [0.4, 0.5) is 15.8 Å². The molecule has 5 rings (SSSR count). The first-order chi connectivity index (χ1) is 20.2. The molecule has 0 atom stereocenters. The zero-order valence-corrected chi connectivity index (χ0v) is 24.8. The average Bonchev–Trinajstić information content (AvgIpc) is 2.97. The van der Waals surface area contributed by atoms with Crippen molar-refractivity contribution in [3.8, 4) is 23.0 Å². The molecular weight excluding hydrogens is 533 g/mol. The van der Waals surface area contributed by atoms with E-state index in [-0.39, 0.29) is 11.5 Å². The van der Waals surface area contributed by atoms with E-state index in [1.54, 1.807) is 31.5 Å². The van der Waals surface area contributed by atoms with E-state index >= 15 is 4.39 Å². The van der Waals surface area contributed by atoms with E-state index in [1.165, 1.54) is 11.6 Å². The van der Waals surface area contributed by atoms with Crippen molar-refractivity contribution >= 4 is 22.3 Å². The van der Waals surface area contributed by atoms with Crippen LogP contribution < -0.4 is 19.5 Å². The first-order valence-electron chi connectivity index (χ1n) is 14.5. The van der Waals surface area contributed by atoms with Crippen LogP contribution >= 0.6 is 0 Å². The van der Waals surface area contributed by atoms with Gasteiger partial charge in [0.05, 0.1) is 31.0 Å². The lowest BCUT2D eigenvalue weighted by atomic mass is 9.87. The maximum atomic E-state index is 15.1. The minimum atomic E-state index is -0.417. The Balaban J connectivity index is 1.25. The summed E-state index contributed by atoms with van der Waals surface area (Å²) in [5, 5.41) is 13.6. The van der Waals surface area contributed by atoms with E-state index in [4.69, 9.17) is 14.2 Å².